The second kappa shape index (κ2) is 7.02. The fourth-order valence-corrected chi connectivity index (χ4v) is 3.10. The van der Waals surface area contributed by atoms with Crippen LogP contribution in [-0.2, 0) is 6.54 Å². The topological polar surface area (TPSA) is 30.5 Å². The molecule has 2 rings (SSSR count). The van der Waals surface area contributed by atoms with Crippen LogP contribution in [0.25, 0.3) is 0 Å². The average molecular weight is 397 g/mol. The second-order valence-corrected chi connectivity index (χ2v) is 6.08. The number of methoxy groups -OCH3 is 2. The highest BCUT2D eigenvalue weighted by atomic mass is 127. The number of rotatable bonds is 5. The van der Waals surface area contributed by atoms with Crippen LogP contribution in [0, 0.1) is 17.4 Å². The SMILES string of the molecule is COc1cc(CNc2cccc(C)c2C)cc(I)c1OC. The minimum Gasteiger partial charge on any atom is -0.493 e. The van der Waals surface area contributed by atoms with Gasteiger partial charge in [0.15, 0.2) is 11.5 Å². The molecule has 0 spiro atoms. The summed E-state index contributed by atoms with van der Waals surface area (Å²) in [6, 6.07) is 10.4. The highest BCUT2D eigenvalue weighted by Crippen LogP contribution is 2.33. The molecule has 0 aromatic heterocycles. The minimum atomic E-state index is 0.751. The molecule has 21 heavy (non-hydrogen) atoms. The van der Waals surface area contributed by atoms with E-state index in [9.17, 15) is 0 Å². The van der Waals surface area contributed by atoms with Crippen LogP contribution in [0.1, 0.15) is 16.7 Å². The number of aryl methyl sites for hydroxylation is 1. The Balaban J connectivity index is 2.20. The molecule has 0 fully saturated rings. The van der Waals surface area contributed by atoms with Gasteiger partial charge in [0.25, 0.3) is 0 Å². The van der Waals surface area contributed by atoms with Crippen molar-refractivity contribution < 1.29 is 9.47 Å². The number of benzene rings is 2. The van der Waals surface area contributed by atoms with Gasteiger partial charge in [0.1, 0.15) is 0 Å². The lowest BCUT2D eigenvalue weighted by atomic mass is 10.1. The lowest BCUT2D eigenvalue weighted by Gasteiger charge is -2.14. The van der Waals surface area contributed by atoms with Gasteiger partial charge >= 0.3 is 0 Å². The molecule has 0 saturated carbocycles. The molecule has 0 saturated heterocycles. The molecule has 0 aliphatic carbocycles. The van der Waals surface area contributed by atoms with Gasteiger partial charge in [-0.25, -0.2) is 0 Å². The Morgan fingerprint density at radius 2 is 1.86 bits per heavy atom. The summed E-state index contributed by atoms with van der Waals surface area (Å²) < 4.78 is 11.8. The van der Waals surface area contributed by atoms with Crippen LogP contribution < -0.4 is 14.8 Å². The van der Waals surface area contributed by atoms with E-state index in [0.29, 0.717) is 0 Å². The van der Waals surface area contributed by atoms with Crippen molar-refractivity contribution in [2.75, 3.05) is 19.5 Å². The summed E-state index contributed by atoms with van der Waals surface area (Å²) in [6.45, 7) is 5.01. The largest absolute Gasteiger partial charge is 0.493 e. The number of hydrogen-bond acceptors (Lipinski definition) is 3. The zero-order valence-corrected chi connectivity index (χ0v) is 14.9. The van der Waals surface area contributed by atoms with E-state index in [1.165, 1.54) is 16.8 Å². The molecular formula is C17H20INO2. The first-order valence-corrected chi connectivity index (χ1v) is 7.85. The van der Waals surface area contributed by atoms with E-state index in [-0.39, 0.29) is 0 Å². The monoisotopic (exact) mass is 397 g/mol. The molecule has 0 aliphatic heterocycles. The molecule has 4 heteroatoms. The minimum absolute atomic E-state index is 0.751. The lowest BCUT2D eigenvalue weighted by molar-refractivity contribution is 0.352. The van der Waals surface area contributed by atoms with E-state index >= 15 is 0 Å². The molecule has 0 amide bonds. The molecule has 0 aliphatic rings. The van der Waals surface area contributed by atoms with E-state index in [1.807, 2.05) is 6.07 Å². The van der Waals surface area contributed by atoms with Crippen molar-refractivity contribution in [3.05, 3.63) is 50.6 Å². The van der Waals surface area contributed by atoms with Crippen LogP contribution in [0.5, 0.6) is 11.5 Å². The summed E-state index contributed by atoms with van der Waals surface area (Å²) >= 11 is 2.27. The Labute approximate surface area is 139 Å². The normalized spacial score (nSPS) is 10.3. The summed E-state index contributed by atoms with van der Waals surface area (Å²) in [4.78, 5) is 0. The number of anilines is 1. The molecule has 112 valence electrons. The zero-order valence-electron chi connectivity index (χ0n) is 12.8. The van der Waals surface area contributed by atoms with Crippen LogP contribution in [0.15, 0.2) is 30.3 Å². The number of ether oxygens (including phenoxy) is 2. The van der Waals surface area contributed by atoms with Gasteiger partial charge in [-0.2, -0.15) is 0 Å². The van der Waals surface area contributed by atoms with Gasteiger partial charge in [-0.3, -0.25) is 0 Å². The van der Waals surface area contributed by atoms with Crippen molar-refractivity contribution in [1.29, 1.82) is 0 Å². The number of hydrogen-bond donors (Lipinski definition) is 1. The fraction of sp³-hybridized carbons (Fsp3) is 0.294. The number of nitrogens with one attached hydrogen (secondary N) is 1. The Morgan fingerprint density at radius 1 is 1.10 bits per heavy atom. The smallest absolute Gasteiger partial charge is 0.174 e. The van der Waals surface area contributed by atoms with Crippen molar-refractivity contribution in [3.63, 3.8) is 0 Å². The highest BCUT2D eigenvalue weighted by molar-refractivity contribution is 14.1. The summed E-state index contributed by atoms with van der Waals surface area (Å²) in [5.74, 6) is 1.55. The molecule has 0 bridgehead atoms. The molecular weight excluding hydrogens is 377 g/mol. The molecule has 0 atom stereocenters. The summed E-state index contributed by atoms with van der Waals surface area (Å²) in [6.07, 6.45) is 0. The maximum atomic E-state index is 5.40. The van der Waals surface area contributed by atoms with E-state index in [1.54, 1.807) is 14.2 Å². The number of halogens is 1. The Kier molecular flexibility index (Phi) is 5.33. The van der Waals surface area contributed by atoms with Crippen LogP contribution in [-0.4, -0.2) is 14.2 Å². The molecule has 3 nitrogen and oxygen atoms in total. The molecule has 2 aromatic carbocycles. The van der Waals surface area contributed by atoms with Crippen LogP contribution in [0.2, 0.25) is 0 Å². The van der Waals surface area contributed by atoms with E-state index in [4.69, 9.17) is 9.47 Å². The van der Waals surface area contributed by atoms with Crippen LogP contribution >= 0.6 is 22.6 Å². The van der Waals surface area contributed by atoms with Gasteiger partial charge < -0.3 is 14.8 Å². The first-order chi connectivity index (χ1) is 10.1. The summed E-state index contributed by atoms with van der Waals surface area (Å²) in [5, 5.41) is 3.49. The Hall–Kier alpha value is -1.43. The van der Waals surface area contributed by atoms with Gasteiger partial charge in [-0.15, -0.1) is 0 Å². The first kappa shape index (κ1) is 15.9. The predicted octanol–water partition coefficient (Wildman–Crippen LogP) is 4.54. The third-order valence-electron chi connectivity index (χ3n) is 3.58. The maximum absolute atomic E-state index is 5.40. The van der Waals surface area contributed by atoms with Crippen LogP contribution in [0.3, 0.4) is 0 Å². The van der Waals surface area contributed by atoms with Gasteiger partial charge in [0.05, 0.1) is 17.8 Å². The van der Waals surface area contributed by atoms with Gasteiger partial charge in [0, 0.05) is 12.2 Å². The third kappa shape index (κ3) is 3.61. The first-order valence-electron chi connectivity index (χ1n) is 6.77. The van der Waals surface area contributed by atoms with E-state index in [2.05, 4.69) is 66.0 Å². The van der Waals surface area contributed by atoms with Crippen molar-refractivity contribution in [2.24, 2.45) is 0 Å². The third-order valence-corrected chi connectivity index (χ3v) is 4.38. The molecule has 0 unspecified atom stereocenters. The Morgan fingerprint density at radius 3 is 2.52 bits per heavy atom. The average Bonchev–Trinajstić information content (AvgIpc) is 2.48. The van der Waals surface area contributed by atoms with Gasteiger partial charge in [-0.1, -0.05) is 12.1 Å². The molecule has 1 N–H and O–H groups in total. The second-order valence-electron chi connectivity index (χ2n) is 4.91. The van der Waals surface area contributed by atoms with Crippen molar-refractivity contribution in [2.45, 2.75) is 20.4 Å². The lowest BCUT2D eigenvalue weighted by Crippen LogP contribution is -2.03. The zero-order chi connectivity index (χ0) is 15.4. The molecule has 2 aromatic rings. The molecule has 0 radical (unpaired) electrons. The summed E-state index contributed by atoms with van der Waals surface area (Å²) in [5.41, 5.74) is 4.91. The maximum Gasteiger partial charge on any atom is 0.174 e. The van der Waals surface area contributed by atoms with Crippen LogP contribution in [0.4, 0.5) is 5.69 Å². The van der Waals surface area contributed by atoms with E-state index in [0.717, 1.165) is 27.2 Å². The van der Waals surface area contributed by atoms with Gasteiger partial charge in [-0.05, 0) is 71.3 Å². The summed E-state index contributed by atoms with van der Waals surface area (Å²) in [7, 11) is 3.32. The quantitative estimate of drug-likeness (QED) is 0.752. The van der Waals surface area contributed by atoms with Gasteiger partial charge in [0.2, 0.25) is 0 Å². The van der Waals surface area contributed by atoms with Crippen molar-refractivity contribution in [3.8, 4) is 11.5 Å². The van der Waals surface area contributed by atoms with Crippen molar-refractivity contribution >= 4 is 28.3 Å². The van der Waals surface area contributed by atoms with E-state index < -0.39 is 0 Å². The molecule has 0 heterocycles. The highest BCUT2D eigenvalue weighted by Gasteiger charge is 2.10. The predicted molar refractivity (Wildman–Crippen MR) is 95.5 cm³/mol. The Bertz CT molecular complexity index is 641. The fourth-order valence-electron chi connectivity index (χ4n) is 2.21. The van der Waals surface area contributed by atoms with Crippen molar-refractivity contribution in [1.82, 2.24) is 0 Å². The standard InChI is InChI=1S/C17H20INO2/c1-11-6-5-7-15(12(11)2)19-10-13-8-14(18)17(21-4)16(9-13)20-3/h5-9,19H,10H2,1-4H3.